The van der Waals surface area contributed by atoms with E-state index in [2.05, 4.69) is 15.5 Å². The lowest BCUT2D eigenvalue weighted by molar-refractivity contribution is -0.114. The lowest BCUT2D eigenvalue weighted by Crippen LogP contribution is -2.27. The van der Waals surface area contributed by atoms with Gasteiger partial charge in [-0.05, 0) is 18.2 Å². The predicted octanol–water partition coefficient (Wildman–Crippen LogP) is 0.0505. The minimum atomic E-state index is -0.751. The Hall–Kier alpha value is -3.16. The maximum Gasteiger partial charge on any atom is 0.253 e. The molecule has 20 heavy (non-hydrogen) atoms. The number of aliphatic imine (C=N–C) groups is 1. The molecule has 1 amide bonds. The van der Waals surface area contributed by atoms with E-state index >= 15 is 0 Å². The number of amides is 1. The molecule has 104 valence electrons. The van der Waals surface area contributed by atoms with Crippen LogP contribution in [0.3, 0.4) is 0 Å². The van der Waals surface area contributed by atoms with Crippen molar-refractivity contribution in [2.45, 2.75) is 0 Å². The Labute approximate surface area is 115 Å². The van der Waals surface area contributed by atoms with Gasteiger partial charge in [0.05, 0.1) is 23.2 Å². The smallest absolute Gasteiger partial charge is 0.253 e. The van der Waals surface area contributed by atoms with E-state index in [1.165, 1.54) is 6.21 Å². The average molecular weight is 273 g/mol. The SMILES string of the molecule is N=C/C=N\Nc1cccc(N=C(N)/C(=C\N)C(N)=O)c1. The molecule has 1 aromatic rings. The summed E-state index contributed by atoms with van der Waals surface area (Å²) >= 11 is 0. The zero-order valence-corrected chi connectivity index (χ0v) is 10.6. The van der Waals surface area contributed by atoms with Crippen molar-refractivity contribution in [2.24, 2.45) is 27.3 Å². The Morgan fingerprint density at radius 2 is 2.10 bits per heavy atom. The highest BCUT2D eigenvalue weighted by atomic mass is 16.1. The Morgan fingerprint density at radius 3 is 2.70 bits per heavy atom. The molecule has 0 aliphatic carbocycles. The summed E-state index contributed by atoms with van der Waals surface area (Å²) in [5, 5.41) is 10.6. The molecule has 0 unspecified atom stereocenters. The zero-order valence-electron chi connectivity index (χ0n) is 10.6. The van der Waals surface area contributed by atoms with E-state index in [4.69, 9.17) is 22.6 Å². The lowest BCUT2D eigenvalue weighted by Gasteiger charge is -2.04. The van der Waals surface area contributed by atoms with Crippen LogP contribution in [0.4, 0.5) is 11.4 Å². The van der Waals surface area contributed by atoms with E-state index in [0.717, 1.165) is 12.4 Å². The van der Waals surface area contributed by atoms with Crippen molar-refractivity contribution < 1.29 is 4.79 Å². The van der Waals surface area contributed by atoms with Crippen LogP contribution in [0.25, 0.3) is 0 Å². The van der Waals surface area contributed by atoms with Gasteiger partial charge >= 0.3 is 0 Å². The fourth-order valence-corrected chi connectivity index (χ4v) is 1.29. The molecular weight excluding hydrogens is 258 g/mol. The second-order valence-electron chi connectivity index (χ2n) is 3.55. The van der Waals surface area contributed by atoms with Crippen molar-refractivity contribution in [2.75, 3.05) is 5.43 Å². The Balaban J connectivity index is 2.97. The molecule has 0 radical (unpaired) electrons. The summed E-state index contributed by atoms with van der Waals surface area (Å²) in [5.74, 6) is -0.821. The second kappa shape index (κ2) is 7.31. The first-order valence-electron chi connectivity index (χ1n) is 5.53. The van der Waals surface area contributed by atoms with Crippen molar-refractivity contribution in [3.05, 3.63) is 36.0 Å². The van der Waals surface area contributed by atoms with E-state index in [1.807, 2.05) is 0 Å². The van der Waals surface area contributed by atoms with Gasteiger partial charge in [0.15, 0.2) is 0 Å². The van der Waals surface area contributed by atoms with Gasteiger partial charge in [-0.15, -0.1) is 0 Å². The maximum absolute atomic E-state index is 11.1. The molecule has 1 aromatic carbocycles. The zero-order chi connectivity index (χ0) is 15.0. The van der Waals surface area contributed by atoms with Crippen LogP contribution in [-0.4, -0.2) is 24.2 Å². The van der Waals surface area contributed by atoms with Crippen LogP contribution in [0.2, 0.25) is 0 Å². The molecule has 0 aromatic heterocycles. The van der Waals surface area contributed by atoms with Gasteiger partial charge in [-0.3, -0.25) is 10.2 Å². The van der Waals surface area contributed by atoms with Gasteiger partial charge in [0.1, 0.15) is 5.84 Å². The van der Waals surface area contributed by atoms with Crippen LogP contribution in [0.15, 0.2) is 46.1 Å². The molecule has 0 bridgehead atoms. The predicted molar refractivity (Wildman–Crippen MR) is 80.1 cm³/mol. The van der Waals surface area contributed by atoms with Crippen LogP contribution >= 0.6 is 0 Å². The number of anilines is 1. The van der Waals surface area contributed by atoms with E-state index < -0.39 is 5.91 Å². The number of nitrogens with one attached hydrogen (secondary N) is 2. The highest BCUT2D eigenvalue weighted by Gasteiger charge is 2.09. The lowest BCUT2D eigenvalue weighted by atomic mass is 10.2. The number of amidine groups is 1. The summed E-state index contributed by atoms with van der Waals surface area (Å²) in [6.07, 6.45) is 3.34. The fourth-order valence-electron chi connectivity index (χ4n) is 1.29. The number of primary amides is 1. The monoisotopic (exact) mass is 273 g/mol. The standard InChI is InChI=1S/C12H15N7O/c13-4-5-17-19-9-3-1-2-8(6-9)18-11(15)10(7-14)12(16)20/h1-7,13,19H,14H2,(H2,15,18)(H2,16,20)/b10-7+,13-4?,17-5-. The minimum Gasteiger partial charge on any atom is -0.404 e. The Bertz CT molecular complexity index is 589. The number of benzene rings is 1. The molecule has 0 aliphatic heterocycles. The van der Waals surface area contributed by atoms with E-state index in [1.54, 1.807) is 24.3 Å². The highest BCUT2D eigenvalue weighted by molar-refractivity contribution is 6.20. The molecule has 0 saturated heterocycles. The van der Waals surface area contributed by atoms with Gasteiger partial charge in [0.2, 0.25) is 0 Å². The van der Waals surface area contributed by atoms with Crippen LogP contribution < -0.4 is 22.6 Å². The number of hydrazone groups is 1. The molecule has 0 saturated carbocycles. The van der Waals surface area contributed by atoms with E-state index in [0.29, 0.717) is 11.4 Å². The first-order valence-corrected chi connectivity index (χ1v) is 5.53. The van der Waals surface area contributed by atoms with Crippen molar-refractivity contribution in [1.29, 1.82) is 5.41 Å². The summed E-state index contributed by atoms with van der Waals surface area (Å²) in [6.45, 7) is 0. The van der Waals surface area contributed by atoms with Gasteiger partial charge in [-0.1, -0.05) is 6.07 Å². The number of rotatable bonds is 6. The van der Waals surface area contributed by atoms with Crippen molar-refractivity contribution in [3.8, 4) is 0 Å². The molecule has 8 N–H and O–H groups in total. The van der Waals surface area contributed by atoms with Crippen molar-refractivity contribution in [1.82, 2.24) is 0 Å². The number of carbonyl (C=O) groups excluding carboxylic acids is 1. The first-order chi connectivity index (χ1) is 9.58. The van der Waals surface area contributed by atoms with Gasteiger partial charge in [0, 0.05) is 12.4 Å². The molecule has 0 fully saturated rings. The second-order valence-corrected chi connectivity index (χ2v) is 3.55. The molecule has 0 atom stereocenters. The fraction of sp³-hybridized carbons (Fsp3) is 0. The summed E-state index contributed by atoms with van der Waals surface area (Å²) < 4.78 is 0. The molecule has 8 nitrogen and oxygen atoms in total. The molecule has 0 heterocycles. The van der Waals surface area contributed by atoms with Crippen LogP contribution in [0, 0.1) is 5.41 Å². The third-order valence-corrected chi connectivity index (χ3v) is 2.15. The minimum absolute atomic E-state index is 0.0508. The van der Waals surface area contributed by atoms with Gasteiger partial charge in [-0.2, -0.15) is 5.10 Å². The number of nitrogens with two attached hydrogens (primary N) is 3. The first kappa shape index (κ1) is 14.9. The topological polar surface area (TPSA) is 156 Å². The van der Waals surface area contributed by atoms with Crippen molar-refractivity contribution >= 4 is 35.5 Å². The van der Waals surface area contributed by atoms with Gasteiger partial charge in [0.25, 0.3) is 5.91 Å². The quantitative estimate of drug-likeness (QED) is 0.215. The van der Waals surface area contributed by atoms with Crippen LogP contribution in [-0.2, 0) is 4.79 Å². The summed E-state index contributed by atoms with van der Waals surface area (Å²) in [7, 11) is 0. The van der Waals surface area contributed by atoms with Crippen LogP contribution in [0.5, 0.6) is 0 Å². The molecular formula is C12H15N7O. The maximum atomic E-state index is 11.1. The summed E-state index contributed by atoms with van der Waals surface area (Å²) in [5.41, 5.74) is 19.8. The largest absolute Gasteiger partial charge is 0.404 e. The van der Waals surface area contributed by atoms with E-state index in [9.17, 15) is 4.79 Å². The average Bonchev–Trinajstić information content (AvgIpc) is 2.39. The van der Waals surface area contributed by atoms with E-state index in [-0.39, 0.29) is 11.4 Å². The molecule has 8 heteroatoms. The third kappa shape index (κ3) is 4.26. The number of nitrogens with zero attached hydrogens (tertiary/aromatic N) is 2. The number of hydrogen-bond donors (Lipinski definition) is 5. The van der Waals surface area contributed by atoms with Gasteiger partial charge in [-0.25, -0.2) is 4.99 Å². The Morgan fingerprint density at radius 1 is 1.35 bits per heavy atom. The summed E-state index contributed by atoms with van der Waals surface area (Å²) in [6, 6.07) is 6.82. The van der Waals surface area contributed by atoms with Crippen LogP contribution in [0.1, 0.15) is 0 Å². The molecule has 0 aliphatic rings. The normalized spacial score (nSPS) is 12.4. The number of hydrogen-bond acceptors (Lipinski definition) is 6. The van der Waals surface area contributed by atoms with Crippen molar-refractivity contribution in [3.63, 3.8) is 0 Å². The van der Waals surface area contributed by atoms with Gasteiger partial charge < -0.3 is 22.6 Å². The Kier molecular flexibility index (Phi) is 5.45. The molecule has 1 rings (SSSR count). The summed E-state index contributed by atoms with van der Waals surface area (Å²) in [4.78, 5) is 15.1. The highest BCUT2D eigenvalue weighted by Crippen LogP contribution is 2.18. The molecule has 0 spiro atoms. The number of carbonyl (C=O) groups is 1. The third-order valence-electron chi connectivity index (χ3n) is 2.15.